The highest BCUT2D eigenvalue weighted by molar-refractivity contribution is 8.13. The minimum absolute atomic E-state index is 0.0980. The number of nitro groups is 1. The lowest BCUT2D eigenvalue weighted by molar-refractivity contribution is -0.384. The lowest BCUT2D eigenvalue weighted by atomic mass is 9.95. The molecule has 0 radical (unpaired) electrons. The second kappa shape index (κ2) is 10.3. The van der Waals surface area contributed by atoms with E-state index in [1.165, 1.54) is 4.90 Å². The van der Waals surface area contributed by atoms with Gasteiger partial charge in [0.25, 0.3) is 10.9 Å². The van der Waals surface area contributed by atoms with E-state index >= 15 is 0 Å². The van der Waals surface area contributed by atoms with Crippen LogP contribution in [0.5, 0.6) is 0 Å². The van der Waals surface area contributed by atoms with Crippen molar-refractivity contribution in [3.8, 4) is 0 Å². The highest BCUT2D eigenvalue weighted by Gasteiger charge is 2.35. The number of nitro benzene ring substituents is 1. The van der Waals surface area contributed by atoms with Gasteiger partial charge in [0.2, 0.25) is 5.91 Å². The zero-order valence-electron chi connectivity index (χ0n) is 18.5. The van der Waals surface area contributed by atoms with Gasteiger partial charge in [-0.1, -0.05) is 12.1 Å². The van der Waals surface area contributed by atoms with Crippen LogP contribution in [0.4, 0.5) is 35.0 Å². The maximum Gasteiger partial charge on any atom is 0.416 e. The first-order chi connectivity index (χ1) is 16.0. The summed E-state index contributed by atoms with van der Waals surface area (Å²) in [5, 5.41) is 14.1. The minimum atomic E-state index is -4.68. The Morgan fingerprint density at radius 3 is 2.38 bits per heavy atom. The van der Waals surface area contributed by atoms with E-state index in [0.717, 1.165) is 23.9 Å². The molecule has 182 valence electrons. The molecule has 34 heavy (non-hydrogen) atoms. The number of amides is 2. The van der Waals surface area contributed by atoms with Crippen molar-refractivity contribution in [3.05, 3.63) is 58.1 Å². The highest BCUT2D eigenvalue weighted by Crippen LogP contribution is 2.38. The van der Waals surface area contributed by atoms with E-state index in [9.17, 15) is 32.9 Å². The second-order valence-electron chi connectivity index (χ2n) is 7.97. The molecule has 0 spiro atoms. The molecule has 2 amide bonds. The van der Waals surface area contributed by atoms with E-state index < -0.39 is 22.4 Å². The molecule has 0 atom stereocenters. The number of rotatable bonds is 5. The van der Waals surface area contributed by atoms with Gasteiger partial charge in [0.15, 0.2) is 0 Å². The first-order valence-corrected chi connectivity index (χ1v) is 11.2. The zero-order valence-corrected chi connectivity index (χ0v) is 19.3. The number of hydrogen-bond acceptors (Lipinski definition) is 6. The molecular weight excluding hydrogens is 473 g/mol. The van der Waals surface area contributed by atoms with E-state index in [1.807, 2.05) is 0 Å². The maximum absolute atomic E-state index is 13.0. The fourth-order valence-corrected chi connectivity index (χ4v) is 4.32. The quantitative estimate of drug-likeness (QED) is 0.345. The van der Waals surface area contributed by atoms with Gasteiger partial charge in [-0.3, -0.25) is 19.7 Å². The van der Waals surface area contributed by atoms with Crippen LogP contribution in [0.25, 0.3) is 0 Å². The van der Waals surface area contributed by atoms with Crippen LogP contribution in [0.2, 0.25) is 0 Å². The van der Waals surface area contributed by atoms with E-state index in [0.29, 0.717) is 29.5 Å². The van der Waals surface area contributed by atoms with Crippen molar-refractivity contribution in [3.63, 3.8) is 0 Å². The van der Waals surface area contributed by atoms with Crippen molar-refractivity contribution in [2.75, 3.05) is 37.4 Å². The van der Waals surface area contributed by atoms with Gasteiger partial charge < -0.3 is 15.1 Å². The Morgan fingerprint density at radius 2 is 1.79 bits per heavy atom. The molecule has 1 heterocycles. The average Bonchev–Trinajstić information content (AvgIpc) is 2.79. The van der Waals surface area contributed by atoms with Crippen LogP contribution >= 0.6 is 11.8 Å². The van der Waals surface area contributed by atoms with Crippen molar-refractivity contribution in [2.45, 2.75) is 23.9 Å². The lowest BCUT2D eigenvalue weighted by Crippen LogP contribution is -2.38. The van der Waals surface area contributed by atoms with Crippen LogP contribution in [0.1, 0.15) is 18.4 Å². The highest BCUT2D eigenvalue weighted by atomic mass is 32.2. The third kappa shape index (κ3) is 5.99. The van der Waals surface area contributed by atoms with Gasteiger partial charge >= 0.3 is 6.18 Å². The topological polar surface area (TPSA) is 95.8 Å². The molecular formula is C22H23F3N4O4S. The van der Waals surface area contributed by atoms with Gasteiger partial charge in [-0.25, -0.2) is 0 Å². The number of carbonyl (C=O) groups excluding carboxylic acids is 2. The molecule has 1 N–H and O–H groups in total. The number of benzene rings is 2. The number of anilines is 2. The van der Waals surface area contributed by atoms with Gasteiger partial charge in [-0.05, 0) is 48.9 Å². The molecule has 1 aliphatic heterocycles. The van der Waals surface area contributed by atoms with Gasteiger partial charge in [-0.2, -0.15) is 13.2 Å². The number of alkyl halides is 3. The average molecular weight is 497 g/mol. The number of carbonyl (C=O) groups is 2. The van der Waals surface area contributed by atoms with E-state index in [-0.39, 0.29) is 35.8 Å². The first kappa shape index (κ1) is 25.3. The zero-order chi connectivity index (χ0) is 25.0. The number of thioether (sulfide) groups is 1. The summed E-state index contributed by atoms with van der Waals surface area (Å²) < 4.78 is 38.9. The van der Waals surface area contributed by atoms with Crippen molar-refractivity contribution in [1.29, 1.82) is 0 Å². The normalized spacial score (nSPS) is 14.6. The summed E-state index contributed by atoms with van der Waals surface area (Å²) in [7, 11) is 3.26. The summed E-state index contributed by atoms with van der Waals surface area (Å²) in [6.07, 6.45) is -3.94. The van der Waals surface area contributed by atoms with Gasteiger partial charge in [0, 0.05) is 44.1 Å². The molecule has 1 aliphatic rings. The molecule has 1 fully saturated rings. The van der Waals surface area contributed by atoms with Crippen molar-refractivity contribution < 1.29 is 27.7 Å². The second-order valence-corrected chi connectivity index (χ2v) is 8.96. The third-order valence-electron chi connectivity index (χ3n) is 5.41. The Hall–Kier alpha value is -3.28. The molecule has 3 rings (SSSR count). The minimum Gasteiger partial charge on any atom is -0.366 e. The number of halogens is 3. The van der Waals surface area contributed by atoms with E-state index in [2.05, 4.69) is 5.32 Å². The van der Waals surface area contributed by atoms with Crippen LogP contribution in [0.3, 0.4) is 0 Å². The fourth-order valence-electron chi connectivity index (χ4n) is 3.58. The summed E-state index contributed by atoms with van der Waals surface area (Å²) in [6, 6.07) is 9.40. The number of piperidine rings is 1. The predicted molar refractivity (Wildman–Crippen MR) is 123 cm³/mol. The Labute approximate surface area is 198 Å². The Bertz CT molecular complexity index is 1090. The van der Waals surface area contributed by atoms with Gasteiger partial charge in [0.05, 0.1) is 16.2 Å². The predicted octanol–water partition coefficient (Wildman–Crippen LogP) is 5.24. The maximum atomic E-state index is 13.0. The summed E-state index contributed by atoms with van der Waals surface area (Å²) in [4.78, 5) is 39.1. The summed E-state index contributed by atoms with van der Waals surface area (Å²) in [5.41, 5.74) is -1.09. The smallest absolute Gasteiger partial charge is 0.366 e. The Morgan fingerprint density at radius 1 is 1.15 bits per heavy atom. The monoisotopic (exact) mass is 496 g/mol. The van der Waals surface area contributed by atoms with Crippen molar-refractivity contribution in [2.24, 2.45) is 5.92 Å². The van der Waals surface area contributed by atoms with Gasteiger partial charge in [-0.15, -0.1) is 0 Å². The fraction of sp³-hybridized carbons (Fsp3) is 0.364. The molecule has 0 saturated carbocycles. The first-order valence-electron chi connectivity index (χ1n) is 10.4. The molecule has 2 aromatic rings. The van der Waals surface area contributed by atoms with E-state index in [1.54, 1.807) is 43.3 Å². The van der Waals surface area contributed by atoms with Crippen LogP contribution in [-0.2, 0) is 11.0 Å². The van der Waals surface area contributed by atoms with Crippen LogP contribution in [0, 0.1) is 16.0 Å². The lowest BCUT2D eigenvalue weighted by Gasteiger charge is -2.32. The Kier molecular flexibility index (Phi) is 7.70. The van der Waals surface area contributed by atoms with Crippen LogP contribution < -0.4 is 10.2 Å². The summed E-state index contributed by atoms with van der Waals surface area (Å²) in [6.45, 7) is 0.555. The van der Waals surface area contributed by atoms with Gasteiger partial charge in [0.1, 0.15) is 5.69 Å². The van der Waals surface area contributed by atoms with Crippen LogP contribution in [-0.4, -0.2) is 48.2 Å². The number of para-hydroxylation sites is 1. The molecule has 1 saturated heterocycles. The summed E-state index contributed by atoms with van der Waals surface area (Å²) in [5.74, 6) is -0.626. The number of nitrogens with one attached hydrogen (secondary N) is 1. The summed E-state index contributed by atoms with van der Waals surface area (Å²) >= 11 is 0.992. The molecule has 0 aliphatic carbocycles. The standard InChI is InChI=1S/C22H23F3N4O4S/c1-27(2)21(31)34-19-6-4-3-5-16(19)26-20(30)14-9-11-28(12-10-14)17-8-7-15(22(23,24)25)13-18(17)29(32)33/h3-8,13-14H,9-12H2,1-2H3,(H,26,30). The molecule has 0 unspecified atom stereocenters. The van der Waals surface area contributed by atoms with Crippen molar-refractivity contribution >= 4 is 40.0 Å². The number of nitrogens with zero attached hydrogens (tertiary/aromatic N) is 3. The van der Waals surface area contributed by atoms with Crippen molar-refractivity contribution in [1.82, 2.24) is 4.90 Å². The van der Waals surface area contributed by atoms with E-state index in [4.69, 9.17) is 0 Å². The number of hydrogen-bond donors (Lipinski definition) is 1. The largest absolute Gasteiger partial charge is 0.416 e. The molecule has 0 bridgehead atoms. The van der Waals surface area contributed by atoms with Crippen LogP contribution in [0.15, 0.2) is 47.4 Å². The molecule has 0 aromatic heterocycles. The Balaban J connectivity index is 1.68. The molecule has 2 aromatic carbocycles. The molecule has 12 heteroatoms. The molecule has 8 nitrogen and oxygen atoms in total. The SMILES string of the molecule is CN(C)C(=O)Sc1ccccc1NC(=O)C1CCN(c2ccc(C(F)(F)F)cc2[N+](=O)[O-])CC1. The third-order valence-corrected chi connectivity index (χ3v) is 6.53.